The van der Waals surface area contributed by atoms with E-state index in [1.165, 1.54) is 6.92 Å². The molecule has 0 aliphatic heterocycles. The van der Waals surface area contributed by atoms with Crippen LogP contribution in [0.1, 0.15) is 16.2 Å². The van der Waals surface area contributed by atoms with Gasteiger partial charge in [0.25, 0.3) is 0 Å². The maximum Gasteiger partial charge on any atom is 0.417 e. The van der Waals surface area contributed by atoms with Crippen molar-refractivity contribution in [3.05, 3.63) is 22.0 Å². The number of carboxylic acid groups (broad SMARTS) is 1. The molecule has 0 bridgehead atoms. The number of Topliss-reactive ketones (excluding diaryl/α,β-unsaturated/α-hetero) is 1. The van der Waals surface area contributed by atoms with Gasteiger partial charge in [0, 0.05) is 0 Å². The Balaban J connectivity index is 3.19. The molecule has 0 atom stereocenters. The van der Waals surface area contributed by atoms with Gasteiger partial charge in [0.15, 0.2) is 0 Å². The van der Waals surface area contributed by atoms with E-state index in [1.807, 2.05) is 0 Å². The van der Waals surface area contributed by atoms with Crippen LogP contribution in [0.25, 0.3) is 0 Å². The minimum absolute atomic E-state index is 0.118. The fraction of sp³-hybridized carbons (Fsp3) is 0.167. The van der Waals surface area contributed by atoms with E-state index in [1.54, 1.807) is 0 Å². The summed E-state index contributed by atoms with van der Waals surface area (Å²) in [5.74, 6) is -4.17. The lowest BCUT2D eigenvalue weighted by atomic mass is 10.2. The number of carboxylic acids is 1. The third-order valence-electron chi connectivity index (χ3n) is 1.23. The van der Waals surface area contributed by atoms with Gasteiger partial charge in [-0.05, 0) is 6.92 Å². The van der Waals surface area contributed by atoms with Gasteiger partial charge in [0.05, 0.1) is 5.69 Å². The van der Waals surface area contributed by atoms with E-state index in [9.17, 15) is 14.4 Å². The Labute approximate surface area is 65.8 Å². The molecule has 64 valence electrons. The molecule has 0 saturated carbocycles. The number of H-pyrrole nitrogens is 1. The summed E-state index contributed by atoms with van der Waals surface area (Å²) in [6, 6.07) is 0. The van der Waals surface area contributed by atoms with Gasteiger partial charge < -0.3 is 9.52 Å². The molecule has 6 heteroatoms. The molecule has 0 amide bonds. The molecule has 1 heterocycles. The average molecular weight is 171 g/mol. The highest BCUT2D eigenvalue weighted by molar-refractivity contribution is 6.39. The molecular weight excluding hydrogens is 166 g/mol. The second kappa shape index (κ2) is 2.65. The van der Waals surface area contributed by atoms with Crippen LogP contribution in [0.4, 0.5) is 0 Å². The molecule has 6 nitrogen and oxygen atoms in total. The van der Waals surface area contributed by atoms with Gasteiger partial charge in [0.1, 0.15) is 0 Å². The zero-order valence-corrected chi connectivity index (χ0v) is 6.08. The highest BCUT2D eigenvalue weighted by Gasteiger charge is 2.21. The lowest BCUT2D eigenvalue weighted by molar-refractivity contribution is -0.131. The van der Waals surface area contributed by atoms with E-state index in [4.69, 9.17) is 5.11 Å². The van der Waals surface area contributed by atoms with Gasteiger partial charge >= 0.3 is 17.5 Å². The Morgan fingerprint density at radius 3 is 2.42 bits per heavy atom. The van der Waals surface area contributed by atoms with Crippen LogP contribution in [0.2, 0.25) is 0 Å². The summed E-state index contributed by atoms with van der Waals surface area (Å²) < 4.78 is 4.30. The first-order valence-corrected chi connectivity index (χ1v) is 2.99. The summed E-state index contributed by atoms with van der Waals surface area (Å²) >= 11 is 0. The van der Waals surface area contributed by atoms with Crippen LogP contribution >= 0.6 is 0 Å². The maximum absolute atomic E-state index is 10.7. The number of aliphatic carboxylic acids is 1. The molecule has 0 aliphatic carbocycles. The number of nitrogens with one attached hydrogen (secondary N) is 1. The lowest BCUT2D eigenvalue weighted by Crippen LogP contribution is -2.13. The molecule has 0 fully saturated rings. The topological polar surface area (TPSA) is 100 Å². The predicted octanol–water partition coefficient (Wildman–Crippen LogP) is -0.456. The summed E-state index contributed by atoms with van der Waals surface area (Å²) in [7, 11) is 0. The van der Waals surface area contributed by atoms with E-state index in [2.05, 4.69) is 9.40 Å². The van der Waals surface area contributed by atoms with E-state index >= 15 is 0 Å². The zero-order valence-electron chi connectivity index (χ0n) is 6.08. The predicted molar refractivity (Wildman–Crippen MR) is 36.0 cm³/mol. The summed E-state index contributed by atoms with van der Waals surface area (Å²) in [5, 5.41) is 8.24. The van der Waals surface area contributed by atoms with Gasteiger partial charge in [-0.15, -0.1) is 0 Å². The lowest BCUT2D eigenvalue weighted by Gasteiger charge is -1.88. The second-order valence-electron chi connectivity index (χ2n) is 2.10. The van der Waals surface area contributed by atoms with Crippen LogP contribution in [0.3, 0.4) is 0 Å². The minimum Gasteiger partial charge on any atom is -0.475 e. The van der Waals surface area contributed by atoms with Crippen LogP contribution in [0, 0.1) is 6.92 Å². The third kappa shape index (κ3) is 1.26. The van der Waals surface area contributed by atoms with E-state index < -0.39 is 23.3 Å². The number of hydrogen-bond donors (Lipinski definition) is 2. The number of aromatic nitrogens is 1. The van der Waals surface area contributed by atoms with E-state index in [0.717, 1.165) is 0 Å². The molecule has 0 spiro atoms. The standard InChI is InChI=1S/C6H5NO5/c1-2-4(3(8)5(9)10)12-6(11)7-2/h1H3,(H,7,11)(H,9,10). The van der Waals surface area contributed by atoms with Crippen LogP contribution < -0.4 is 5.76 Å². The van der Waals surface area contributed by atoms with Crippen LogP contribution in [0.15, 0.2) is 9.21 Å². The smallest absolute Gasteiger partial charge is 0.417 e. The van der Waals surface area contributed by atoms with Crippen LogP contribution in [-0.4, -0.2) is 21.8 Å². The number of hydrogen-bond acceptors (Lipinski definition) is 4. The first-order chi connectivity index (χ1) is 5.52. The molecule has 12 heavy (non-hydrogen) atoms. The SMILES string of the molecule is Cc1[nH]c(=O)oc1C(=O)C(=O)O. The molecule has 0 aliphatic rings. The molecule has 2 N–H and O–H groups in total. The van der Waals surface area contributed by atoms with Gasteiger partial charge in [-0.25, -0.2) is 9.59 Å². The van der Waals surface area contributed by atoms with Gasteiger partial charge in [0.2, 0.25) is 5.76 Å². The Hall–Kier alpha value is -1.85. The third-order valence-corrected chi connectivity index (χ3v) is 1.23. The fourth-order valence-electron chi connectivity index (χ4n) is 0.718. The Morgan fingerprint density at radius 1 is 1.50 bits per heavy atom. The normalized spacial score (nSPS) is 9.75. The fourth-order valence-corrected chi connectivity index (χ4v) is 0.718. The first-order valence-electron chi connectivity index (χ1n) is 2.99. The quantitative estimate of drug-likeness (QED) is 0.463. The number of rotatable bonds is 2. The number of carbonyl (C=O) groups is 2. The van der Waals surface area contributed by atoms with Crippen molar-refractivity contribution in [3.8, 4) is 0 Å². The van der Waals surface area contributed by atoms with E-state index in [-0.39, 0.29) is 5.69 Å². The van der Waals surface area contributed by atoms with Gasteiger partial charge in [-0.3, -0.25) is 9.78 Å². The van der Waals surface area contributed by atoms with Crippen molar-refractivity contribution in [1.82, 2.24) is 4.98 Å². The van der Waals surface area contributed by atoms with Crippen molar-refractivity contribution in [1.29, 1.82) is 0 Å². The molecule has 0 saturated heterocycles. The number of oxazole rings is 1. The van der Waals surface area contributed by atoms with Crippen molar-refractivity contribution in [2.24, 2.45) is 0 Å². The molecule has 1 aromatic rings. The molecule has 1 rings (SSSR count). The summed E-state index contributed by atoms with van der Waals surface area (Å²) in [6.07, 6.45) is 0. The number of aromatic amines is 1. The molecule has 0 radical (unpaired) electrons. The monoisotopic (exact) mass is 171 g/mol. The highest BCUT2D eigenvalue weighted by Crippen LogP contribution is 2.02. The van der Waals surface area contributed by atoms with Crippen molar-refractivity contribution >= 4 is 11.8 Å². The van der Waals surface area contributed by atoms with Gasteiger partial charge in [-0.1, -0.05) is 0 Å². The van der Waals surface area contributed by atoms with Crippen LogP contribution in [-0.2, 0) is 4.79 Å². The number of ketones is 1. The molecular formula is C6H5NO5. The number of aryl methyl sites for hydroxylation is 1. The summed E-state index contributed by atoms with van der Waals surface area (Å²) in [6.45, 7) is 1.38. The first kappa shape index (κ1) is 8.25. The van der Waals surface area contributed by atoms with E-state index in [0.29, 0.717) is 0 Å². The Bertz CT molecular complexity index is 385. The zero-order chi connectivity index (χ0) is 9.30. The van der Waals surface area contributed by atoms with Gasteiger partial charge in [-0.2, -0.15) is 0 Å². The molecule has 0 unspecified atom stereocenters. The largest absolute Gasteiger partial charge is 0.475 e. The Morgan fingerprint density at radius 2 is 2.08 bits per heavy atom. The summed E-state index contributed by atoms with van der Waals surface area (Å²) in [5.41, 5.74) is 0.118. The maximum atomic E-state index is 10.7. The number of carbonyl (C=O) groups excluding carboxylic acids is 1. The Kier molecular flexibility index (Phi) is 1.82. The van der Waals surface area contributed by atoms with Crippen molar-refractivity contribution in [3.63, 3.8) is 0 Å². The molecule has 1 aromatic heterocycles. The summed E-state index contributed by atoms with van der Waals surface area (Å²) in [4.78, 5) is 33.5. The molecule has 0 aromatic carbocycles. The average Bonchev–Trinajstić information content (AvgIpc) is 2.28. The second-order valence-corrected chi connectivity index (χ2v) is 2.10. The van der Waals surface area contributed by atoms with Crippen molar-refractivity contribution in [2.75, 3.05) is 0 Å². The van der Waals surface area contributed by atoms with Crippen molar-refractivity contribution in [2.45, 2.75) is 6.92 Å². The minimum atomic E-state index is -1.65. The highest BCUT2D eigenvalue weighted by atomic mass is 16.4. The van der Waals surface area contributed by atoms with Crippen LogP contribution in [0.5, 0.6) is 0 Å². The van der Waals surface area contributed by atoms with Crippen molar-refractivity contribution < 1.29 is 19.1 Å².